The van der Waals surface area contributed by atoms with Crippen molar-refractivity contribution in [3.63, 3.8) is 0 Å². The van der Waals surface area contributed by atoms with E-state index in [2.05, 4.69) is 55.4 Å². The van der Waals surface area contributed by atoms with Gasteiger partial charge in [0.2, 0.25) is 0 Å². The Balaban J connectivity index is 1.47. The van der Waals surface area contributed by atoms with Gasteiger partial charge in [-0.05, 0) is 62.2 Å². The molecule has 11 unspecified atom stereocenters. The van der Waals surface area contributed by atoms with Crippen LogP contribution in [0.2, 0.25) is 0 Å². The summed E-state index contributed by atoms with van der Waals surface area (Å²) in [7, 11) is 0. The van der Waals surface area contributed by atoms with Crippen molar-refractivity contribution in [2.45, 2.75) is 144 Å². The van der Waals surface area contributed by atoms with Crippen molar-refractivity contribution in [3.8, 4) is 0 Å². The zero-order valence-corrected chi connectivity index (χ0v) is 24.9. The summed E-state index contributed by atoms with van der Waals surface area (Å²) < 4.78 is 25.9. The molecule has 0 spiro atoms. The molecule has 3 aliphatic rings. The third kappa shape index (κ3) is 7.36. The van der Waals surface area contributed by atoms with Crippen molar-refractivity contribution in [2.24, 2.45) is 41.4 Å². The lowest BCUT2D eigenvalue weighted by molar-refractivity contribution is -0.323. The number of unbranched alkanes of at least 4 members (excludes halogenated alkanes) is 1. The van der Waals surface area contributed by atoms with Crippen molar-refractivity contribution < 1.29 is 28.8 Å². The Morgan fingerprint density at radius 2 is 1.43 bits per heavy atom. The SMILES string of the molecule is CCC1OC(OC2C(CC)OC(OCCCCC(=O)C3C[C@@H](O)C[C@H]3CC)C(C)C2C)C(C)C(C)C1C. The van der Waals surface area contributed by atoms with E-state index in [0.29, 0.717) is 48.9 Å². The highest BCUT2D eigenvalue weighted by Gasteiger charge is 2.46. The molecular weight excluding hydrogens is 468 g/mol. The largest absolute Gasteiger partial charge is 0.393 e. The molecule has 13 atom stereocenters. The molecule has 1 aliphatic carbocycles. The van der Waals surface area contributed by atoms with Gasteiger partial charge in [0.1, 0.15) is 5.78 Å². The predicted octanol–water partition coefficient (Wildman–Crippen LogP) is 6.38. The maximum Gasteiger partial charge on any atom is 0.161 e. The van der Waals surface area contributed by atoms with E-state index in [-0.39, 0.29) is 54.7 Å². The minimum Gasteiger partial charge on any atom is -0.393 e. The Kier molecular flexibility index (Phi) is 11.9. The van der Waals surface area contributed by atoms with Crippen LogP contribution in [0.25, 0.3) is 0 Å². The van der Waals surface area contributed by atoms with Crippen molar-refractivity contribution in [2.75, 3.05) is 6.61 Å². The van der Waals surface area contributed by atoms with Crippen LogP contribution in [0.3, 0.4) is 0 Å². The summed E-state index contributed by atoms with van der Waals surface area (Å²) >= 11 is 0. The van der Waals surface area contributed by atoms with Crippen molar-refractivity contribution in [3.05, 3.63) is 0 Å². The van der Waals surface area contributed by atoms with Crippen LogP contribution in [0.5, 0.6) is 0 Å². The number of carbonyl (C=O) groups excluding carboxylic acids is 1. The molecule has 0 amide bonds. The summed E-state index contributed by atoms with van der Waals surface area (Å²) in [6.07, 6.45) is 5.95. The monoisotopic (exact) mass is 524 g/mol. The zero-order chi connectivity index (χ0) is 27.3. The molecular formula is C31H56O6. The van der Waals surface area contributed by atoms with Gasteiger partial charge in [-0.15, -0.1) is 0 Å². The number of aliphatic hydroxyl groups excluding tert-OH is 1. The highest BCUT2D eigenvalue weighted by atomic mass is 16.7. The number of hydrogen-bond donors (Lipinski definition) is 1. The van der Waals surface area contributed by atoms with Crippen LogP contribution in [-0.2, 0) is 23.7 Å². The Morgan fingerprint density at radius 3 is 2.08 bits per heavy atom. The fourth-order valence-electron chi connectivity index (χ4n) is 6.98. The Morgan fingerprint density at radius 1 is 0.784 bits per heavy atom. The van der Waals surface area contributed by atoms with Gasteiger partial charge in [0.15, 0.2) is 12.6 Å². The Bertz CT molecular complexity index is 695. The molecule has 0 bridgehead atoms. The molecule has 1 saturated carbocycles. The number of hydrogen-bond acceptors (Lipinski definition) is 6. The van der Waals surface area contributed by atoms with Gasteiger partial charge in [-0.1, -0.05) is 61.8 Å². The van der Waals surface area contributed by atoms with Gasteiger partial charge in [0.25, 0.3) is 0 Å². The second-order valence-corrected chi connectivity index (χ2v) is 12.5. The second-order valence-electron chi connectivity index (χ2n) is 12.5. The van der Waals surface area contributed by atoms with E-state index < -0.39 is 0 Å². The van der Waals surface area contributed by atoms with Crippen LogP contribution >= 0.6 is 0 Å². The molecule has 2 aliphatic heterocycles. The second kappa shape index (κ2) is 14.2. The van der Waals surface area contributed by atoms with Crippen LogP contribution < -0.4 is 0 Å². The average Bonchev–Trinajstić information content (AvgIpc) is 3.28. The first kappa shape index (κ1) is 31.0. The van der Waals surface area contributed by atoms with Crippen LogP contribution in [0.15, 0.2) is 0 Å². The summed E-state index contributed by atoms with van der Waals surface area (Å²) in [5, 5.41) is 9.96. The fourth-order valence-corrected chi connectivity index (χ4v) is 6.98. The summed E-state index contributed by atoms with van der Waals surface area (Å²) in [6, 6.07) is 0. The summed E-state index contributed by atoms with van der Waals surface area (Å²) in [5.74, 6) is 2.63. The van der Waals surface area contributed by atoms with E-state index >= 15 is 0 Å². The molecule has 6 nitrogen and oxygen atoms in total. The van der Waals surface area contributed by atoms with Crippen LogP contribution in [0.1, 0.15) is 107 Å². The van der Waals surface area contributed by atoms with E-state index in [1.807, 2.05) is 0 Å². The summed E-state index contributed by atoms with van der Waals surface area (Å²) in [5.41, 5.74) is 0. The van der Waals surface area contributed by atoms with E-state index in [1.54, 1.807) is 0 Å². The van der Waals surface area contributed by atoms with Gasteiger partial charge >= 0.3 is 0 Å². The van der Waals surface area contributed by atoms with E-state index in [4.69, 9.17) is 18.9 Å². The molecule has 2 saturated heterocycles. The predicted molar refractivity (Wildman–Crippen MR) is 146 cm³/mol. The number of ketones is 1. The maximum atomic E-state index is 12.7. The van der Waals surface area contributed by atoms with Gasteiger partial charge in [0, 0.05) is 30.8 Å². The van der Waals surface area contributed by atoms with Crippen LogP contribution in [0, 0.1) is 41.4 Å². The number of Topliss-reactive ketones (excluding diaryl/α,β-unsaturated/α-hetero) is 1. The number of carbonyl (C=O) groups is 1. The third-order valence-electron chi connectivity index (χ3n) is 10.2. The zero-order valence-electron chi connectivity index (χ0n) is 24.9. The molecule has 2 heterocycles. The van der Waals surface area contributed by atoms with Gasteiger partial charge in [-0.25, -0.2) is 0 Å². The lowest BCUT2D eigenvalue weighted by Crippen LogP contribution is -2.55. The van der Waals surface area contributed by atoms with Gasteiger partial charge in [-0.2, -0.15) is 0 Å². The van der Waals surface area contributed by atoms with Crippen LogP contribution in [0.4, 0.5) is 0 Å². The van der Waals surface area contributed by atoms with E-state index in [9.17, 15) is 9.90 Å². The van der Waals surface area contributed by atoms with Crippen LogP contribution in [-0.4, -0.2) is 54.5 Å². The molecule has 216 valence electrons. The summed E-state index contributed by atoms with van der Waals surface area (Å²) in [6.45, 7) is 18.4. The molecule has 3 rings (SSSR count). The first-order chi connectivity index (χ1) is 17.6. The smallest absolute Gasteiger partial charge is 0.161 e. The number of rotatable bonds is 12. The third-order valence-corrected chi connectivity index (χ3v) is 10.2. The van der Waals surface area contributed by atoms with Crippen molar-refractivity contribution in [1.29, 1.82) is 0 Å². The van der Waals surface area contributed by atoms with Gasteiger partial charge in [-0.3, -0.25) is 4.79 Å². The maximum absolute atomic E-state index is 12.7. The fraction of sp³-hybridized carbons (Fsp3) is 0.968. The molecule has 1 N–H and O–H groups in total. The number of aliphatic hydroxyl groups is 1. The molecule has 37 heavy (non-hydrogen) atoms. The van der Waals surface area contributed by atoms with Gasteiger partial charge in [0.05, 0.1) is 24.4 Å². The van der Waals surface area contributed by atoms with Gasteiger partial charge < -0.3 is 24.1 Å². The van der Waals surface area contributed by atoms with E-state index in [0.717, 1.165) is 38.5 Å². The lowest BCUT2D eigenvalue weighted by atomic mass is 9.78. The lowest BCUT2D eigenvalue weighted by Gasteiger charge is -2.49. The molecule has 0 radical (unpaired) electrons. The molecule has 0 aromatic carbocycles. The van der Waals surface area contributed by atoms with Crippen molar-refractivity contribution >= 4 is 5.78 Å². The minimum absolute atomic E-state index is 0.0173. The molecule has 0 aromatic heterocycles. The highest BCUT2D eigenvalue weighted by Crippen LogP contribution is 2.41. The molecule has 0 aromatic rings. The number of ether oxygens (including phenoxy) is 4. The standard InChI is InChI=1S/C31H56O6/c1-9-23-16-24(32)17-25(23)26(33)14-12-13-15-34-30-22(8)20(6)29(28(11-3)36-30)37-31-21(7)18(4)19(5)27(10-2)35-31/h18-25,27-32H,9-17H2,1-8H3/t18?,19?,20?,21?,22?,23-,24+,25?,27?,28?,29?,30?,31?/m1/s1. The average molecular weight is 525 g/mol. The van der Waals surface area contributed by atoms with Crippen molar-refractivity contribution in [1.82, 2.24) is 0 Å². The Labute approximate surface area is 226 Å². The summed E-state index contributed by atoms with van der Waals surface area (Å²) in [4.78, 5) is 12.7. The molecule has 3 fully saturated rings. The highest BCUT2D eigenvalue weighted by molar-refractivity contribution is 5.81. The quantitative estimate of drug-likeness (QED) is 0.299. The first-order valence-electron chi connectivity index (χ1n) is 15.4. The Hall–Kier alpha value is -0.530. The molecule has 6 heteroatoms. The first-order valence-corrected chi connectivity index (χ1v) is 15.4. The topological polar surface area (TPSA) is 74.2 Å². The normalized spacial score (nSPS) is 44.7. The van der Waals surface area contributed by atoms with E-state index in [1.165, 1.54) is 0 Å². The minimum atomic E-state index is -0.304.